The number of nitriles is 1. The number of amides is 1. The van der Waals surface area contributed by atoms with E-state index in [0.29, 0.717) is 23.4 Å². The van der Waals surface area contributed by atoms with Crippen LogP contribution in [0, 0.1) is 11.3 Å². The first-order valence-corrected chi connectivity index (χ1v) is 10.3. The van der Waals surface area contributed by atoms with E-state index in [4.69, 9.17) is 14.7 Å². The summed E-state index contributed by atoms with van der Waals surface area (Å²) in [6.07, 6.45) is 1.51. The van der Waals surface area contributed by atoms with Crippen molar-refractivity contribution in [2.75, 3.05) is 20.8 Å². The number of methoxy groups -OCH3 is 2. The quantitative estimate of drug-likeness (QED) is 0.636. The van der Waals surface area contributed by atoms with Crippen molar-refractivity contribution in [2.45, 2.75) is 18.9 Å². The van der Waals surface area contributed by atoms with Gasteiger partial charge in [-0.05, 0) is 65.4 Å². The largest absolute Gasteiger partial charge is 0.493 e. The highest BCUT2D eigenvalue weighted by molar-refractivity contribution is 5.95. The van der Waals surface area contributed by atoms with Crippen LogP contribution in [0.25, 0.3) is 11.1 Å². The summed E-state index contributed by atoms with van der Waals surface area (Å²) in [4.78, 5) is 15.5. The molecule has 5 nitrogen and oxygen atoms in total. The van der Waals surface area contributed by atoms with Crippen LogP contribution in [0.5, 0.6) is 11.5 Å². The summed E-state index contributed by atoms with van der Waals surface area (Å²) in [6, 6.07) is 19.3. The third kappa shape index (κ3) is 2.95. The van der Waals surface area contributed by atoms with Gasteiger partial charge in [-0.3, -0.25) is 4.79 Å². The average molecular weight is 410 g/mol. The zero-order chi connectivity index (χ0) is 21.5. The summed E-state index contributed by atoms with van der Waals surface area (Å²) in [7, 11) is 3.32. The van der Waals surface area contributed by atoms with Gasteiger partial charge in [0.05, 0.1) is 31.9 Å². The maximum Gasteiger partial charge on any atom is 0.254 e. The summed E-state index contributed by atoms with van der Waals surface area (Å²) >= 11 is 0. The van der Waals surface area contributed by atoms with E-state index in [9.17, 15) is 4.79 Å². The fraction of sp³-hybridized carbons (Fsp3) is 0.231. The van der Waals surface area contributed by atoms with Crippen molar-refractivity contribution in [1.29, 1.82) is 5.26 Å². The van der Waals surface area contributed by atoms with E-state index in [2.05, 4.69) is 24.3 Å². The molecule has 0 saturated heterocycles. The Kier molecular flexibility index (Phi) is 4.63. The zero-order valence-electron chi connectivity index (χ0n) is 17.5. The number of benzene rings is 3. The molecule has 31 heavy (non-hydrogen) atoms. The van der Waals surface area contributed by atoms with Gasteiger partial charge in [0.2, 0.25) is 0 Å². The van der Waals surface area contributed by atoms with E-state index in [1.807, 2.05) is 17.0 Å². The van der Waals surface area contributed by atoms with Crippen LogP contribution in [0.2, 0.25) is 0 Å². The first-order valence-electron chi connectivity index (χ1n) is 10.3. The summed E-state index contributed by atoms with van der Waals surface area (Å²) in [5.41, 5.74) is 6.87. The Morgan fingerprint density at radius 1 is 1.06 bits per heavy atom. The van der Waals surface area contributed by atoms with Crippen LogP contribution in [0.4, 0.5) is 0 Å². The van der Waals surface area contributed by atoms with Gasteiger partial charge in [-0.1, -0.05) is 24.3 Å². The monoisotopic (exact) mass is 410 g/mol. The van der Waals surface area contributed by atoms with Gasteiger partial charge < -0.3 is 14.4 Å². The topological polar surface area (TPSA) is 62.6 Å². The molecule has 0 aromatic heterocycles. The fourth-order valence-electron chi connectivity index (χ4n) is 4.93. The van der Waals surface area contributed by atoms with Crippen LogP contribution in [0.1, 0.15) is 38.7 Å². The second-order valence-corrected chi connectivity index (χ2v) is 7.87. The van der Waals surface area contributed by atoms with Crippen molar-refractivity contribution >= 4 is 5.91 Å². The maximum atomic E-state index is 13.5. The number of nitrogens with zero attached hydrogens (tertiary/aromatic N) is 2. The predicted molar refractivity (Wildman–Crippen MR) is 117 cm³/mol. The molecule has 3 aromatic carbocycles. The molecule has 2 aliphatic rings. The number of ether oxygens (including phenoxy) is 2. The lowest BCUT2D eigenvalue weighted by Crippen LogP contribution is -2.42. The predicted octanol–water partition coefficient (Wildman–Crippen LogP) is 4.54. The average Bonchev–Trinajstić information content (AvgIpc) is 2.83. The third-order valence-electron chi connectivity index (χ3n) is 6.35. The minimum Gasteiger partial charge on any atom is -0.493 e. The summed E-state index contributed by atoms with van der Waals surface area (Å²) in [6.45, 7) is 0.633. The Morgan fingerprint density at radius 3 is 2.55 bits per heavy atom. The Balaban J connectivity index is 1.66. The molecule has 0 saturated carbocycles. The molecule has 3 aromatic rings. The van der Waals surface area contributed by atoms with Crippen LogP contribution < -0.4 is 9.47 Å². The molecule has 1 aliphatic carbocycles. The van der Waals surface area contributed by atoms with Crippen LogP contribution in [0.3, 0.4) is 0 Å². The molecule has 1 aliphatic heterocycles. The first kappa shape index (κ1) is 19.2. The normalized spacial score (nSPS) is 16.0. The fourth-order valence-corrected chi connectivity index (χ4v) is 4.93. The van der Waals surface area contributed by atoms with E-state index in [-0.39, 0.29) is 11.9 Å². The van der Waals surface area contributed by atoms with E-state index in [0.717, 1.165) is 35.3 Å². The summed E-state index contributed by atoms with van der Waals surface area (Å²) in [5.74, 6) is 1.42. The van der Waals surface area contributed by atoms with Gasteiger partial charge in [-0.25, -0.2) is 0 Å². The lowest BCUT2D eigenvalue weighted by Gasteiger charge is -2.42. The number of hydrogen-bond acceptors (Lipinski definition) is 4. The maximum absolute atomic E-state index is 13.5. The van der Waals surface area contributed by atoms with E-state index in [1.54, 1.807) is 38.5 Å². The molecule has 1 amide bonds. The second kappa shape index (κ2) is 7.48. The highest BCUT2D eigenvalue weighted by Gasteiger charge is 2.39. The van der Waals surface area contributed by atoms with Crippen molar-refractivity contribution in [3.8, 4) is 28.7 Å². The molecule has 0 unspecified atom stereocenters. The molecule has 5 rings (SSSR count). The molecular weight excluding hydrogens is 388 g/mol. The number of carbonyl (C=O) groups excluding carboxylic acids is 1. The SMILES string of the molecule is COc1cc2c3c(c1OC)-c1ccccc1C[C@H]3N(C(=O)c1ccc(C#N)cc1)CC2. The summed E-state index contributed by atoms with van der Waals surface area (Å²) < 4.78 is 11.5. The van der Waals surface area contributed by atoms with Crippen LogP contribution in [-0.4, -0.2) is 31.6 Å². The second-order valence-electron chi connectivity index (χ2n) is 7.87. The number of hydrogen-bond donors (Lipinski definition) is 0. The standard InChI is InChI=1S/C26H22N2O3/c1-30-22-14-19-11-12-28(26(29)17-9-7-16(15-27)8-10-17)21-13-18-5-3-4-6-20(18)24(23(19)21)25(22)31-2/h3-10,14,21H,11-13H2,1-2H3/t21-/m1/s1. The first-order chi connectivity index (χ1) is 15.2. The van der Waals surface area contributed by atoms with Gasteiger partial charge >= 0.3 is 0 Å². The Labute approximate surface area is 181 Å². The molecule has 1 heterocycles. The van der Waals surface area contributed by atoms with E-state index in [1.165, 1.54) is 11.1 Å². The molecule has 0 fully saturated rings. The van der Waals surface area contributed by atoms with Gasteiger partial charge in [-0.15, -0.1) is 0 Å². The Bertz CT molecular complexity index is 1220. The van der Waals surface area contributed by atoms with Gasteiger partial charge in [0.1, 0.15) is 0 Å². The van der Waals surface area contributed by atoms with E-state index < -0.39 is 0 Å². The van der Waals surface area contributed by atoms with Crippen LogP contribution in [0.15, 0.2) is 54.6 Å². The zero-order valence-corrected chi connectivity index (χ0v) is 17.5. The smallest absolute Gasteiger partial charge is 0.254 e. The van der Waals surface area contributed by atoms with Gasteiger partial charge in [0.25, 0.3) is 5.91 Å². The van der Waals surface area contributed by atoms with Crippen molar-refractivity contribution in [2.24, 2.45) is 0 Å². The van der Waals surface area contributed by atoms with Crippen LogP contribution >= 0.6 is 0 Å². The minimum absolute atomic E-state index is 0.0137. The summed E-state index contributed by atoms with van der Waals surface area (Å²) in [5, 5.41) is 9.06. The number of rotatable bonds is 3. The molecule has 0 spiro atoms. The van der Waals surface area contributed by atoms with Gasteiger partial charge in [-0.2, -0.15) is 5.26 Å². The third-order valence-corrected chi connectivity index (χ3v) is 6.35. The van der Waals surface area contributed by atoms with Crippen molar-refractivity contribution in [3.63, 3.8) is 0 Å². The van der Waals surface area contributed by atoms with Crippen molar-refractivity contribution < 1.29 is 14.3 Å². The Hall–Kier alpha value is -3.78. The molecular formula is C26H22N2O3. The number of fused-ring (bicyclic) bond motifs is 2. The lowest BCUT2D eigenvalue weighted by atomic mass is 9.76. The van der Waals surface area contributed by atoms with Gasteiger partial charge in [0.15, 0.2) is 11.5 Å². The minimum atomic E-state index is -0.0726. The molecule has 0 radical (unpaired) electrons. The molecule has 0 bridgehead atoms. The molecule has 1 atom stereocenters. The molecule has 154 valence electrons. The highest BCUT2D eigenvalue weighted by Crippen LogP contribution is 2.52. The number of carbonyl (C=O) groups is 1. The Morgan fingerprint density at radius 2 is 1.84 bits per heavy atom. The van der Waals surface area contributed by atoms with Gasteiger partial charge in [0, 0.05) is 17.7 Å². The molecule has 0 N–H and O–H groups in total. The highest BCUT2D eigenvalue weighted by atomic mass is 16.5. The van der Waals surface area contributed by atoms with Crippen molar-refractivity contribution in [1.82, 2.24) is 4.90 Å². The molecule has 5 heteroatoms. The van der Waals surface area contributed by atoms with Crippen LogP contribution in [-0.2, 0) is 12.8 Å². The van der Waals surface area contributed by atoms with E-state index >= 15 is 0 Å². The van der Waals surface area contributed by atoms with Crippen molar-refractivity contribution in [3.05, 3.63) is 82.4 Å². The lowest BCUT2D eigenvalue weighted by molar-refractivity contribution is 0.0658.